The Bertz CT molecular complexity index is 846. The lowest BCUT2D eigenvalue weighted by atomic mass is 10.2. The minimum Gasteiger partial charge on any atom is -0.374 e. The summed E-state index contributed by atoms with van der Waals surface area (Å²) < 4.78 is 0. The van der Waals surface area contributed by atoms with E-state index < -0.39 is 0 Å². The van der Waals surface area contributed by atoms with Crippen LogP contribution in [0.1, 0.15) is 25.3 Å². The molecule has 6 heteroatoms. The highest BCUT2D eigenvalue weighted by Crippen LogP contribution is 2.28. The predicted octanol–water partition coefficient (Wildman–Crippen LogP) is 3.36. The molecule has 0 radical (unpaired) electrons. The van der Waals surface area contributed by atoms with Gasteiger partial charge in [0.05, 0.1) is 0 Å². The van der Waals surface area contributed by atoms with Crippen molar-refractivity contribution in [1.29, 1.82) is 0 Å². The van der Waals surface area contributed by atoms with Crippen LogP contribution in [-0.4, -0.2) is 30.6 Å². The quantitative estimate of drug-likeness (QED) is 0.762. The number of amides is 3. The maximum absolute atomic E-state index is 12.8. The van der Waals surface area contributed by atoms with E-state index >= 15 is 0 Å². The summed E-state index contributed by atoms with van der Waals surface area (Å²) in [6.45, 7) is 2.60. The van der Waals surface area contributed by atoms with Gasteiger partial charge in [0.25, 0.3) is 0 Å². The molecule has 0 spiro atoms. The third kappa shape index (κ3) is 4.05. The molecule has 1 atom stereocenters. The number of anilines is 3. The van der Waals surface area contributed by atoms with Crippen molar-refractivity contribution >= 4 is 29.0 Å². The number of fused-ring (bicyclic) bond motifs is 1. The number of nitrogens with one attached hydrogen (secondary N) is 3. The summed E-state index contributed by atoms with van der Waals surface area (Å²) in [4.78, 5) is 26.5. The topological polar surface area (TPSA) is 73.5 Å². The third-order valence-electron chi connectivity index (χ3n) is 4.96. The standard InChI is InChI=1S/C21H24N4O2/c1-14(20(26)25-13-12-15-4-2-3-5-19(15)25)22-16-6-8-17(9-7-16)23-21(27)24-18-10-11-18/h2-9,14,18,22H,10-13H2,1H3,(H2,23,24,27). The van der Waals surface area contributed by atoms with Crippen LogP contribution in [0.5, 0.6) is 0 Å². The number of carbonyl (C=O) groups is 2. The Kier molecular flexibility index (Phi) is 4.71. The highest BCUT2D eigenvalue weighted by atomic mass is 16.2. The molecule has 2 aliphatic rings. The molecule has 140 valence electrons. The van der Waals surface area contributed by atoms with Gasteiger partial charge >= 0.3 is 6.03 Å². The van der Waals surface area contributed by atoms with Gasteiger partial charge in [-0.15, -0.1) is 0 Å². The van der Waals surface area contributed by atoms with E-state index in [1.54, 1.807) is 0 Å². The van der Waals surface area contributed by atoms with Gasteiger partial charge in [-0.05, 0) is 62.1 Å². The number of nitrogens with zero attached hydrogens (tertiary/aromatic N) is 1. The number of hydrogen-bond acceptors (Lipinski definition) is 3. The molecule has 1 heterocycles. The minimum atomic E-state index is -0.340. The fourth-order valence-electron chi connectivity index (χ4n) is 3.34. The fourth-order valence-corrected chi connectivity index (χ4v) is 3.34. The number of carbonyl (C=O) groups excluding carboxylic acids is 2. The average molecular weight is 364 g/mol. The summed E-state index contributed by atoms with van der Waals surface area (Å²) in [5.74, 6) is 0.0611. The van der Waals surface area contributed by atoms with Crippen LogP contribution in [0.15, 0.2) is 48.5 Å². The molecular formula is C21H24N4O2. The van der Waals surface area contributed by atoms with Gasteiger partial charge in [-0.1, -0.05) is 18.2 Å². The number of hydrogen-bond donors (Lipinski definition) is 3. The van der Waals surface area contributed by atoms with Gasteiger partial charge in [0.2, 0.25) is 5.91 Å². The second-order valence-corrected chi connectivity index (χ2v) is 7.18. The summed E-state index contributed by atoms with van der Waals surface area (Å²) in [7, 11) is 0. The van der Waals surface area contributed by atoms with Crippen molar-refractivity contribution in [3.63, 3.8) is 0 Å². The van der Waals surface area contributed by atoms with Crippen molar-refractivity contribution in [3.05, 3.63) is 54.1 Å². The van der Waals surface area contributed by atoms with Crippen LogP contribution in [0.2, 0.25) is 0 Å². The van der Waals surface area contributed by atoms with Crippen LogP contribution in [-0.2, 0) is 11.2 Å². The smallest absolute Gasteiger partial charge is 0.319 e. The summed E-state index contributed by atoms with van der Waals surface area (Å²) in [6, 6.07) is 15.3. The maximum atomic E-state index is 12.8. The Morgan fingerprint density at radius 2 is 1.74 bits per heavy atom. The molecule has 1 saturated carbocycles. The molecular weight excluding hydrogens is 340 g/mol. The van der Waals surface area contributed by atoms with Crippen LogP contribution in [0.25, 0.3) is 0 Å². The molecule has 1 fully saturated rings. The molecule has 2 aromatic rings. The molecule has 0 bridgehead atoms. The summed E-state index contributed by atoms with van der Waals surface area (Å²) in [6.07, 6.45) is 3.02. The van der Waals surface area contributed by atoms with Crippen molar-refractivity contribution in [1.82, 2.24) is 5.32 Å². The first-order chi connectivity index (χ1) is 13.1. The summed E-state index contributed by atoms with van der Waals surface area (Å²) in [5.41, 5.74) is 3.80. The van der Waals surface area contributed by atoms with Crippen molar-refractivity contribution in [2.24, 2.45) is 0 Å². The van der Waals surface area contributed by atoms with E-state index in [4.69, 9.17) is 0 Å². The molecule has 3 N–H and O–H groups in total. The molecule has 27 heavy (non-hydrogen) atoms. The molecule has 4 rings (SSSR count). The number of rotatable bonds is 5. The monoisotopic (exact) mass is 364 g/mol. The van der Waals surface area contributed by atoms with E-state index in [1.165, 1.54) is 5.56 Å². The van der Waals surface area contributed by atoms with Crippen molar-refractivity contribution in [2.45, 2.75) is 38.3 Å². The lowest BCUT2D eigenvalue weighted by molar-refractivity contribution is -0.118. The molecule has 0 aromatic heterocycles. The van der Waals surface area contributed by atoms with Crippen molar-refractivity contribution < 1.29 is 9.59 Å². The highest BCUT2D eigenvalue weighted by Gasteiger charge is 2.27. The second kappa shape index (κ2) is 7.31. The van der Waals surface area contributed by atoms with E-state index in [1.807, 2.05) is 54.3 Å². The molecule has 6 nitrogen and oxygen atoms in total. The molecule has 1 unspecified atom stereocenters. The molecule has 1 aliphatic heterocycles. The maximum Gasteiger partial charge on any atom is 0.319 e. The van der Waals surface area contributed by atoms with E-state index in [2.05, 4.69) is 22.0 Å². The van der Waals surface area contributed by atoms with Crippen LogP contribution < -0.4 is 20.9 Å². The molecule has 2 aromatic carbocycles. The fraction of sp³-hybridized carbons (Fsp3) is 0.333. The Balaban J connectivity index is 1.34. The Hall–Kier alpha value is -3.02. The zero-order valence-corrected chi connectivity index (χ0v) is 15.4. The van der Waals surface area contributed by atoms with Gasteiger partial charge in [-0.25, -0.2) is 4.79 Å². The van der Waals surface area contributed by atoms with Gasteiger partial charge in [0.15, 0.2) is 0 Å². The van der Waals surface area contributed by atoms with E-state index in [0.29, 0.717) is 6.04 Å². The Morgan fingerprint density at radius 3 is 2.48 bits per heavy atom. The van der Waals surface area contributed by atoms with Crippen molar-refractivity contribution in [2.75, 3.05) is 22.1 Å². The molecule has 3 amide bonds. The molecule has 1 aliphatic carbocycles. The summed E-state index contributed by atoms with van der Waals surface area (Å²) >= 11 is 0. The predicted molar refractivity (Wildman–Crippen MR) is 107 cm³/mol. The lowest BCUT2D eigenvalue weighted by Gasteiger charge is -2.23. The Morgan fingerprint density at radius 1 is 1.04 bits per heavy atom. The Labute approximate surface area is 158 Å². The zero-order chi connectivity index (χ0) is 18.8. The SMILES string of the molecule is CC(Nc1ccc(NC(=O)NC2CC2)cc1)C(=O)N1CCc2ccccc21. The first kappa shape index (κ1) is 17.4. The largest absolute Gasteiger partial charge is 0.374 e. The van der Waals surface area contributed by atoms with Crippen molar-refractivity contribution in [3.8, 4) is 0 Å². The summed E-state index contributed by atoms with van der Waals surface area (Å²) in [5, 5.41) is 8.96. The number of para-hydroxylation sites is 1. The second-order valence-electron chi connectivity index (χ2n) is 7.18. The number of urea groups is 1. The van der Waals surface area contributed by atoms with Gasteiger partial charge in [-0.3, -0.25) is 4.79 Å². The van der Waals surface area contributed by atoms with Gasteiger partial charge in [-0.2, -0.15) is 0 Å². The average Bonchev–Trinajstić information content (AvgIpc) is 3.37. The normalized spacial score (nSPS) is 16.4. The van der Waals surface area contributed by atoms with E-state index in [0.717, 1.165) is 42.9 Å². The first-order valence-electron chi connectivity index (χ1n) is 9.43. The van der Waals surface area contributed by atoms with Gasteiger partial charge in [0.1, 0.15) is 6.04 Å². The van der Waals surface area contributed by atoms with Crippen LogP contribution in [0.4, 0.5) is 21.9 Å². The van der Waals surface area contributed by atoms with E-state index in [9.17, 15) is 9.59 Å². The number of benzene rings is 2. The lowest BCUT2D eigenvalue weighted by Crippen LogP contribution is -2.40. The first-order valence-corrected chi connectivity index (χ1v) is 9.43. The van der Waals surface area contributed by atoms with Crippen LogP contribution in [0.3, 0.4) is 0 Å². The minimum absolute atomic E-state index is 0.0611. The third-order valence-corrected chi connectivity index (χ3v) is 4.96. The van der Waals surface area contributed by atoms with Crippen LogP contribution >= 0.6 is 0 Å². The van der Waals surface area contributed by atoms with Gasteiger partial charge < -0.3 is 20.9 Å². The van der Waals surface area contributed by atoms with Crippen LogP contribution in [0, 0.1) is 0 Å². The zero-order valence-electron chi connectivity index (χ0n) is 15.4. The highest BCUT2D eigenvalue weighted by molar-refractivity contribution is 6.00. The molecule has 0 saturated heterocycles. The van der Waals surface area contributed by atoms with E-state index in [-0.39, 0.29) is 18.0 Å². The van der Waals surface area contributed by atoms with Gasteiger partial charge in [0, 0.05) is 29.6 Å².